The molecular weight excluding hydrogens is 291 g/mol. The van der Waals surface area contributed by atoms with Gasteiger partial charge in [-0.1, -0.05) is 18.2 Å². The SMILES string of the molecule is O=C(O)C1(C(=O)NCc2ccccc2OC(F)(F)F)CC1. The molecule has 1 aromatic rings. The zero-order chi connectivity index (χ0) is 15.7. The molecule has 1 saturated carbocycles. The molecule has 0 heterocycles. The van der Waals surface area contributed by atoms with Crippen molar-refractivity contribution in [1.29, 1.82) is 0 Å². The van der Waals surface area contributed by atoms with Gasteiger partial charge in [0.2, 0.25) is 5.91 Å². The number of amides is 1. The maximum atomic E-state index is 12.2. The number of para-hydroxylation sites is 1. The van der Waals surface area contributed by atoms with Gasteiger partial charge in [0.1, 0.15) is 11.2 Å². The van der Waals surface area contributed by atoms with Gasteiger partial charge in [-0.05, 0) is 18.9 Å². The first-order valence-electron chi connectivity index (χ1n) is 6.10. The summed E-state index contributed by atoms with van der Waals surface area (Å²) in [6.45, 7) is -0.236. The zero-order valence-electron chi connectivity index (χ0n) is 10.7. The number of carbonyl (C=O) groups is 2. The largest absolute Gasteiger partial charge is 0.573 e. The van der Waals surface area contributed by atoms with E-state index in [9.17, 15) is 22.8 Å². The highest BCUT2D eigenvalue weighted by molar-refractivity contribution is 6.04. The number of carboxylic acids is 1. The minimum absolute atomic E-state index is 0.115. The molecule has 1 aliphatic carbocycles. The van der Waals surface area contributed by atoms with Crippen molar-refractivity contribution in [3.8, 4) is 5.75 Å². The molecule has 0 aromatic heterocycles. The van der Waals surface area contributed by atoms with Crippen LogP contribution in [0.1, 0.15) is 18.4 Å². The van der Waals surface area contributed by atoms with Crippen molar-refractivity contribution in [3.05, 3.63) is 29.8 Å². The predicted molar refractivity (Wildman–Crippen MR) is 64.3 cm³/mol. The average molecular weight is 303 g/mol. The molecule has 2 rings (SSSR count). The van der Waals surface area contributed by atoms with Crippen LogP contribution in [0.25, 0.3) is 0 Å². The lowest BCUT2D eigenvalue weighted by molar-refractivity contribution is -0.274. The second kappa shape index (κ2) is 5.27. The van der Waals surface area contributed by atoms with E-state index in [0.717, 1.165) is 6.07 Å². The first kappa shape index (κ1) is 15.1. The summed E-state index contributed by atoms with van der Waals surface area (Å²) in [5, 5.41) is 11.3. The lowest BCUT2D eigenvalue weighted by Crippen LogP contribution is -2.36. The molecule has 0 bridgehead atoms. The third-order valence-corrected chi connectivity index (χ3v) is 3.23. The number of ether oxygens (including phenoxy) is 1. The molecule has 2 N–H and O–H groups in total. The summed E-state index contributed by atoms with van der Waals surface area (Å²) in [4.78, 5) is 22.7. The molecule has 0 saturated heterocycles. The zero-order valence-corrected chi connectivity index (χ0v) is 10.7. The second-order valence-corrected chi connectivity index (χ2v) is 4.73. The minimum Gasteiger partial charge on any atom is -0.480 e. The molecule has 21 heavy (non-hydrogen) atoms. The van der Waals surface area contributed by atoms with E-state index in [1.54, 1.807) is 0 Å². The van der Waals surface area contributed by atoms with Gasteiger partial charge < -0.3 is 15.2 Å². The van der Waals surface area contributed by atoms with Crippen LogP contribution in [0.3, 0.4) is 0 Å². The van der Waals surface area contributed by atoms with Gasteiger partial charge in [-0.2, -0.15) is 0 Å². The Morgan fingerprint density at radius 2 is 1.90 bits per heavy atom. The van der Waals surface area contributed by atoms with E-state index in [2.05, 4.69) is 10.1 Å². The van der Waals surface area contributed by atoms with Crippen molar-refractivity contribution >= 4 is 11.9 Å². The van der Waals surface area contributed by atoms with Crippen LogP contribution < -0.4 is 10.1 Å². The summed E-state index contributed by atoms with van der Waals surface area (Å²) < 4.78 is 40.6. The smallest absolute Gasteiger partial charge is 0.480 e. The normalized spacial score (nSPS) is 16.1. The van der Waals surface area contributed by atoms with E-state index in [1.807, 2.05) is 0 Å². The number of alkyl halides is 3. The minimum atomic E-state index is -4.83. The molecule has 1 aliphatic rings. The molecule has 0 unspecified atom stereocenters. The summed E-state index contributed by atoms with van der Waals surface area (Å²) in [6.07, 6.45) is -4.37. The van der Waals surface area contributed by atoms with E-state index >= 15 is 0 Å². The Hall–Kier alpha value is -2.25. The number of nitrogens with one attached hydrogen (secondary N) is 1. The summed E-state index contributed by atoms with van der Waals surface area (Å²) >= 11 is 0. The highest BCUT2D eigenvalue weighted by Crippen LogP contribution is 2.46. The van der Waals surface area contributed by atoms with Crippen LogP contribution in [0, 0.1) is 5.41 Å². The van der Waals surface area contributed by atoms with Crippen LogP contribution in [0.5, 0.6) is 5.75 Å². The fraction of sp³-hybridized carbons (Fsp3) is 0.385. The van der Waals surface area contributed by atoms with Gasteiger partial charge in [0.05, 0.1) is 0 Å². The van der Waals surface area contributed by atoms with E-state index in [1.165, 1.54) is 18.2 Å². The van der Waals surface area contributed by atoms with Crippen LogP contribution in [0.2, 0.25) is 0 Å². The molecule has 1 aromatic carbocycles. The summed E-state index contributed by atoms with van der Waals surface area (Å²) in [6, 6.07) is 5.35. The predicted octanol–water partition coefficient (Wildman–Crippen LogP) is 2.07. The fourth-order valence-electron chi connectivity index (χ4n) is 1.88. The summed E-state index contributed by atoms with van der Waals surface area (Å²) in [7, 11) is 0. The molecule has 114 valence electrons. The second-order valence-electron chi connectivity index (χ2n) is 4.73. The van der Waals surface area contributed by atoms with E-state index in [-0.39, 0.29) is 24.9 Å². The molecule has 5 nitrogen and oxygen atoms in total. The molecule has 1 fully saturated rings. The summed E-state index contributed by atoms with van der Waals surface area (Å²) in [5.41, 5.74) is -1.32. The molecule has 0 aliphatic heterocycles. The lowest BCUT2D eigenvalue weighted by Gasteiger charge is -2.15. The van der Waals surface area contributed by atoms with Crippen LogP contribution >= 0.6 is 0 Å². The molecule has 0 radical (unpaired) electrons. The van der Waals surface area contributed by atoms with E-state index in [4.69, 9.17) is 5.11 Å². The number of aliphatic carboxylic acids is 1. The molecule has 0 atom stereocenters. The quantitative estimate of drug-likeness (QED) is 0.817. The number of carboxylic acid groups (broad SMARTS) is 1. The highest BCUT2D eigenvalue weighted by Gasteiger charge is 2.56. The van der Waals surface area contributed by atoms with Gasteiger partial charge in [0.15, 0.2) is 0 Å². The van der Waals surface area contributed by atoms with Crippen LogP contribution in [0.15, 0.2) is 24.3 Å². The van der Waals surface area contributed by atoms with Crippen molar-refractivity contribution in [2.45, 2.75) is 25.7 Å². The van der Waals surface area contributed by atoms with Crippen molar-refractivity contribution in [2.24, 2.45) is 5.41 Å². The number of halogens is 3. The standard InChI is InChI=1S/C13H12F3NO4/c14-13(15,16)21-9-4-2-1-3-8(9)7-17-10(18)12(5-6-12)11(19)20/h1-4H,5-7H2,(H,17,18)(H,19,20). The van der Waals surface area contributed by atoms with Gasteiger partial charge in [0.25, 0.3) is 0 Å². The molecule has 0 spiro atoms. The van der Waals surface area contributed by atoms with E-state index < -0.39 is 29.4 Å². The Morgan fingerprint density at radius 3 is 2.43 bits per heavy atom. The summed E-state index contributed by atoms with van der Waals surface area (Å²) in [5.74, 6) is -2.35. The third-order valence-electron chi connectivity index (χ3n) is 3.23. The topological polar surface area (TPSA) is 75.6 Å². The molecular formula is C13H12F3NO4. The van der Waals surface area contributed by atoms with Crippen molar-refractivity contribution in [2.75, 3.05) is 0 Å². The van der Waals surface area contributed by atoms with Gasteiger partial charge in [-0.3, -0.25) is 9.59 Å². The Kier molecular flexibility index (Phi) is 3.80. The van der Waals surface area contributed by atoms with Gasteiger partial charge in [0, 0.05) is 12.1 Å². The van der Waals surface area contributed by atoms with Crippen molar-refractivity contribution in [3.63, 3.8) is 0 Å². The fourth-order valence-corrected chi connectivity index (χ4v) is 1.88. The monoisotopic (exact) mass is 303 g/mol. The van der Waals surface area contributed by atoms with Gasteiger partial charge >= 0.3 is 12.3 Å². The number of hydrogen-bond acceptors (Lipinski definition) is 3. The number of benzene rings is 1. The molecule has 1 amide bonds. The first-order chi connectivity index (χ1) is 9.74. The maximum absolute atomic E-state index is 12.2. The van der Waals surface area contributed by atoms with Gasteiger partial charge in [-0.25, -0.2) is 0 Å². The number of rotatable bonds is 5. The van der Waals surface area contributed by atoms with Crippen LogP contribution in [0.4, 0.5) is 13.2 Å². The Morgan fingerprint density at radius 1 is 1.29 bits per heavy atom. The van der Waals surface area contributed by atoms with Gasteiger partial charge in [-0.15, -0.1) is 13.2 Å². The van der Waals surface area contributed by atoms with E-state index in [0.29, 0.717) is 0 Å². The Bertz CT molecular complexity index is 567. The first-order valence-corrected chi connectivity index (χ1v) is 6.10. The number of hydrogen-bond donors (Lipinski definition) is 2. The number of carbonyl (C=O) groups excluding carboxylic acids is 1. The Balaban J connectivity index is 2.04. The van der Waals surface area contributed by atoms with Crippen molar-refractivity contribution in [1.82, 2.24) is 5.32 Å². The van der Waals surface area contributed by atoms with Crippen LogP contribution in [-0.2, 0) is 16.1 Å². The Labute approximate surface area is 117 Å². The van der Waals surface area contributed by atoms with Crippen LogP contribution in [-0.4, -0.2) is 23.3 Å². The van der Waals surface area contributed by atoms with Crippen molar-refractivity contribution < 1.29 is 32.6 Å². The third kappa shape index (κ3) is 3.45. The molecule has 8 heteroatoms. The lowest BCUT2D eigenvalue weighted by atomic mass is 10.1. The highest BCUT2D eigenvalue weighted by atomic mass is 19.4. The average Bonchev–Trinajstić information content (AvgIpc) is 3.17. The maximum Gasteiger partial charge on any atom is 0.573 e.